The van der Waals surface area contributed by atoms with E-state index in [0.29, 0.717) is 5.92 Å². The third kappa shape index (κ3) is 3.21. The van der Waals surface area contributed by atoms with Crippen LogP contribution in [0.3, 0.4) is 0 Å². The fourth-order valence-corrected chi connectivity index (χ4v) is 5.27. The van der Waals surface area contributed by atoms with Crippen LogP contribution in [0.15, 0.2) is 35.1 Å². The fourth-order valence-electron chi connectivity index (χ4n) is 3.87. The molecule has 0 fully saturated rings. The molecule has 26 heavy (non-hydrogen) atoms. The molecule has 5 heteroatoms. The van der Waals surface area contributed by atoms with Crippen molar-refractivity contribution in [3.8, 4) is 0 Å². The second kappa shape index (κ2) is 6.97. The monoisotopic (exact) mass is 368 g/mol. The van der Waals surface area contributed by atoms with Crippen LogP contribution in [0, 0.1) is 5.92 Å². The molecule has 1 aliphatic rings. The fraction of sp³-hybridized carbons (Fsp3) is 0.429. The van der Waals surface area contributed by atoms with Crippen molar-refractivity contribution in [1.29, 1.82) is 0 Å². The van der Waals surface area contributed by atoms with Crippen LogP contribution in [0.5, 0.6) is 0 Å². The Morgan fingerprint density at radius 2 is 2.12 bits per heavy atom. The largest absolute Gasteiger partial charge is 0.325 e. The van der Waals surface area contributed by atoms with Crippen molar-refractivity contribution in [2.45, 2.75) is 45.7 Å². The lowest BCUT2D eigenvalue weighted by Crippen LogP contribution is -3.07. The molecule has 3 atom stereocenters. The minimum absolute atomic E-state index is 0.0383. The zero-order valence-corrected chi connectivity index (χ0v) is 16.5. The van der Waals surface area contributed by atoms with Crippen molar-refractivity contribution in [1.82, 2.24) is 9.97 Å². The minimum Gasteiger partial charge on any atom is -0.325 e. The van der Waals surface area contributed by atoms with Crippen LogP contribution in [0.25, 0.3) is 10.2 Å². The number of thiophene rings is 1. The van der Waals surface area contributed by atoms with E-state index in [2.05, 4.69) is 50.1 Å². The van der Waals surface area contributed by atoms with Crippen LogP contribution >= 0.6 is 11.3 Å². The number of aromatic nitrogens is 2. The van der Waals surface area contributed by atoms with E-state index in [1.54, 1.807) is 11.3 Å². The molecule has 0 aliphatic heterocycles. The molecule has 2 N–H and O–H groups in total. The van der Waals surface area contributed by atoms with E-state index in [-0.39, 0.29) is 11.6 Å². The van der Waals surface area contributed by atoms with E-state index >= 15 is 0 Å². The van der Waals surface area contributed by atoms with Gasteiger partial charge in [0, 0.05) is 10.4 Å². The first-order valence-electron chi connectivity index (χ1n) is 9.43. The Kier molecular flexibility index (Phi) is 4.67. The summed E-state index contributed by atoms with van der Waals surface area (Å²) in [7, 11) is 2.16. The Morgan fingerprint density at radius 3 is 2.88 bits per heavy atom. The Bertz CT molecular complexity index is 976. The SMILES string of the molecule is C[C@H]1CCc2c(sc3nc([C@H](C)[NH+](C)Cc4ccccc4)[nH]c(=O)c23)C1. The van der Waals surface area contributed by atoms with Gasteiger partial charge in [0.2, 0.25) is 0 Å². The topological polar surface area (TPSA) is 50.2 Å². The summed E-state index contributed by atoms with van der Waals surface area (Å²) in [6.07, 6.45) is 3.26. The molecule has 0 radical (unpaired) electrons. The quantitative estimate of drug-likeness (QED) is 0.744. The zero-order valence-electron chi connectivity index (χ0n) is 15.6. The smallest absolute Gasteiger partial charge is 0.260 e. The molecule has 1 aromatic carbocycles. The number of nitrogens with one attached hydrogen (secondary N) is 2. The molecule has 0 saturated carbocycles. The summed E-state index contributed by atoms with van der Waals surface area (Å²) in [5, 5.41) is 0.841. The maximum Gasteiger partial charge on any atom is 0.260 e. The maximum absolute atomic E-state index is 12.8. The summed E-state index contributed by atoms with van der Waals surface area (Å²) >= 11 is 1.72. The van der Waals surface area contributed by atoms with E-state index in [1.807, 2.05) is 6.07 Å². The summed E-state index contributed by atoms with van der Waals surface area (Å²) in [6.45, 7) is 5.33. The molecular formula is C21H26N3OS+. The molecule has 1 aliphatic carbocycles. The molecule has 0 amide bonds. The van der Waals surface area contributed by atoms with Crippen LogP contribution in [0.1, 0.15) is 48.1 Å². The number of quaternary nitrogens is 1. The molecule has 3 aromatic rings. The third-order valence-electron chi connectivity index (χ3n) is 5.66. The number of aromatic amines is 1. The molecule has 2 aromatic heterocycles. The van der Waals surface area contributed by atoms with Gasteiger partial charge in [-0.05, 0) is 37.7 Å². The predicted octanol–water partition coefficient (Wildman–Crippen LogP) is 2.89. The van der Waals surface area contributed by atoms with Crippen molar-refractivity contribution < 1.29 is 4.90 Å². The van der Waals surface area contributed by atoms with Gasteiger partial charge in [-0.3, -0.25) is 4.79 Å². The molecular weight excluding hydrogens is 342 g/mol. The normalized spacial score (nSPS) is 19.3. The molecule has 0 saturated heterocycles. The number of hydrogen-bond donors (Lipinski definition) is 2. The number of fused-ring (bicyclic) bond motifs is 3. The standard InChI is InChI=1S/C21H25N3OS/c1-13-9-10-16-17(11-13)26-21-18(16)20(25)22-19(23-21)14(2)24(3)12-15-7-5-4-6-8-15/h4-8,13-14H,9-12H2,1-3H3,(H,22,23,25)/p+1/t13-,14-/m0/s1. The highest BCUT2D eigenvalue weighted by molar-refractivity contribution is 7.18. The molecule has 1 unspecified atom stereocenters. The van der Waals surface area contributed by atoms with Gasteiger partial charge in [-0.1, -0.05) is 37.3 Å². The lowest BCUT2D eigenvalue weighted by molar-refractivity contribution is -0.924. The Labute approximate surface area is 157 Å². The summed E-state index contributed by atoms with van der Waals surface area (Å²) in [4.78, 5) is 24.4. The molecule has 4 nitrogen and oxygen atoms in total. The van der Waals surface area contributed by atoms with Crippen molar-refractivity contribution in [3.63, 3.8) is 0 Å². The summed E-state index contributed by atoms with van der Waals surface area (Å²) in [6, 6.07) is 10.6. The molecule has 0 bridgehead atoms. The molecule has 2 heterocycles. The lowest BCUT2D eigenvalue weighted by Gasteiger charge is -2.21. The third-order valence-corrected chi connectivity index (χ3v) is 6.81. The number of hydrogen-bond acceptors (Lipinski definition) is 3. The zero-order chi connectivity index (χ0) is 18.3. The van der Waals surface area contributed by atoms with E-state index in [0.717, 1.165) is 35.4 Å². The molecule has 136 valence electrons. The highest BCUT2D eigenvalue weighted by Crippen LogP contribution is 2.35. The van der Waals surface area contributed by atoms with E-state index in [9.17, 15) is 4.79 Å². The highest BCUT2D eigenvalue weighted by atomic mass is 32.1. The van der Waals surface area contributed by atoms with Crippen LogP contribution < -0.4 is 10.5 Å². The summed E-state index contributed by atoms with van der Waals surface area (Å²) < 4.78 is 0. The van der Waals surface area contributed by atoms with E-state index in [1.165, 1.54) is 27.3 Å². The van der Waals surface area contributed by atoms with Gasteiger partial charge < -0.3 is 9.88 Å². The highest BCUT2D eigenvalue weighted by Gasteiger charge is 2.25. The summed E-state index contributed by atoms with van der Waals surface area (Å²) in [5.74, 6) is 1.50. The van der Waals surface area contributed by atoms with Gasteiger partial charge in [0.05, 0.1) is 12.4 Å². The maximum atomic E-state index is 12.8. The Hall–Kier alpha value is -1.98. The Balaban J connectivity index is 1.65. The van der Waals surface area contributed by atoms with Crippen molar-refractivity contribution >= 4 is 21.6 Å². The van der Waals surface area contributed by atoms with Crippen molar-refractivity contribution in [3.05, 3.63) is 62.5 Å². The van der Waals surface area contributed by atoms with Crippen LogP contribution in [-0.4, -0.2) is 17.0 Å². The molecule has 0 spiro atoms. The first-order valence-corrected chi connectivity index (χ1v) is 10.2. The average molecular weight is 369 g/mol. The van der Waals surface area contributed by atoms with Crippen LogP contribution in [0.2, 0.25) is 0 Å². The number of H-pyrrole nitrogens is 1. The lowest BCUT2D eigenvalue weighted by atomic mass is 9.89. The average Bonchev–Trinajstić information content (AvgIpc) is 2.99. The minimum atomic E-state index is 0.0383. The number of rotatable bonds is 4. The van der Waals surface area contributed by atoms with Gasteiger partial charge in [0.1, 0.15) is 17.4 Å². The number of aryl methyl sites for hydroxylation is 1. The van der Waals surface area contributed by atoms with Gasteiger partial charge in [0.25, 0.3) is 5.56 Å². The molecule has 4 rings (SSSR count). The van der Waals surface area contributed by atoms with Gasteiger partial charge in [-0.25, -0.2) is 4.98 Å². The first kappa shape index (κ1) is 17.4. The van der Waals surface area contributed by atoms with Crippen LogP contribution in [0.4, 0.5) is 0 Å². The predicted molar refractivity (Wildman–Crippen MR) is 107 cm³/mol. The van der Waals surface area contributed by atoms with Gasteiger partial charge in [-0.2, -0.15) is 0 Å². The van der Waals surface area contributed by atoms with Crippen molar-refractivity contribution in [2.75, 3.05) is 7.05 Å². The van der Waals surface area contributed by atoms with E-state index in [4.69, 9.17) is 4.98 Å². The second-order valence-corrected chi connectivity index (χ2v) is 8.80. The van der Waals surface area contributed by atoms with Crippen molar-refractivity contribution in [2.24, 2.45) is 5.92 Å². The van der Waals surface area contributed by atoms with Gasteiger partial charge in [-0.15, -0.1) is 11.3 Å². The van der Waals surface area contributed by atoms with Gasteiger partial charge >= 0.3 is 0 Å². The number of benzene rings is 1. The second-order valence-electron chi connectivity index (χ2n) is 7.71. The summed E-state index contributed by atoms with van der Waals surface area (Å²) in [5.41, 5.74) is 2.58. The van der Waals surface area contributed by atoms with Crippen LogP contribution in [-0.2, 0) is 19.4 Å². The Morgan fingerprint density at radius 1 is 1.35 bits per heavy atom. The van der Waals surface area contributed by atoms with Gasteiger partial charge in [0.15, 0.2) is 5.82 Å². The number of nitrogens with zero attached hydrogens (tertiary/aromatic N) is 1. The first-order chi connectivity index (χ1) is 12.5. The van der Waals surface area contributed by atoms with E-state index < -0.39 is 0 Å².